The second-order valence-electron chi connectivity index (χ2n) is 6.37. The van der Waals surface area contributed by atoms with Crippen molar-refractivity contribution in [1.29, 1.82) is 0 Å². The summed E-state index contributed by atoms with van der Waals surface area (Å²) in [5.41, 5.74) is 0. The molecule has 21 heavy (non-hydrogen) atoms. The van der Waals surface area contributed by atoms with E-state index in [-0.39, 0.29) is 6.10 Å². The third kappa shape index (κ3) is 3.99. The lowest BCUT2D eigenvalue weighted by Crippen LogP contribution is -2.31. The van der Waals surface area contributed by atoms with Gasteiger partial charge in [-0.1, -0.05) is 43.9 Å². The van der Waals surface area contributed by atoms with E-state index in [1.165, 1.54) is 25.7 Å². The van der Waals surface area contributed by atoms with Crippen LogP contribution in [0.1, 0.15) is 44.9 Å². The Labute approximate surface area is 127 Å². The summed E-state index contributed by atoms with van der Waals surface area (Å²) in [6, 6.07) is 9.90. The number of likely N-dealkylation sites (tertiary alicyclic amines) is 1. The average molecular weight is 287 g/mol. The molecule has 1 saturated carbocycles. The SMILES string of the molecule is O=C(CCC1CCCC1)N1CCC(Oc2ccccc2)C1. The van der Waals surface area contributed by atoms with Crippen LogP contribution in [0.25, 0.3) is 0 Å². The minimum atomic E-state index is 0.155. The van der Waals surface area contributed by atoms with Crippen molar-refractivity contribution in [1.82, 2.24) is 4.90 Å². The number of nitrogens with zero attached hydrogens (tertiary/aromatic N) is 1. The Morgan fingerprint density at radius 3 is 2.67 bits per heavy atom. The molecule has 1 aliphatic heterocycles. The Morgan fingerprint density at radius 2 is 1.90 bits per heavy atom. The second kappa shape index (κ2) is 6.97. The van der Waals surface area contributed by atoms with Crippen molar-refractivity contribution in [3.8, 4) is 5.75 Å². The molecular formula is C18H25NO2. The standard InChI is InChI=1S/C18H25NO2/c20-18(11-10-15-6-4-5-7-15)19-13-12-17(14-19)21-16-8-2-1-3-9-16/h1-3,8-9,15,17H,4-7,10-14H2. The molecule has 114 valence electrons. The highest BCUT2D eigenvalue weighted by Crippen LogP contribution is 2.29. The molecule has 1 saturated heterocycles. The summed E-state index contributed by atoms with van der Waals surface area (Å²) in [5, 5.41) is 0. The van der Waals surface area contributed by atoms with Crippen LogP contribution in [0.4, 0.5) is 0 Å². The maximum absolute atomic E-state index is 12.3. The zero-order valence-electron chi connectivity index (χ0n) is 12.7. The lowest BCUT2D eigenvalue weighted by atomic mass is 10.0. The van der Waals surface area contributed by atoms with Gasteiger partial charge < -0.3 is 9.64 Å². The van der Waals surface area contributed by atoms with Crippen LogP contribution < -0.4 is 4.74 Å². The molecule has 2 fully saturated rings. The number of rotatable bonds is 5. The first-order valence-corrected chi connectivity index (χ1v) is 8.31. The molecular weight excluding hydrogens is 262 g/mol. The molecule has 3 nitrogen and oxygen atoms in total. The van der Waals surface area contributed by atoms with Crippen LogP contribution in [0.5, 0.6) is 5.75 Å². The van der Waals surface area contributed by atoms with Crippen LogP contribution in [0.3, 0.4) is 0 Å². The predicted octanol–water partition coefficient (Wildman–Crippen LogP) is 3.64. The fraction of sp³-hybridized carbons (Fsp3) is 0.611. The third-order valence-electron chi connectivity index (χ3n) is 4.78. The Morgan fingerprint density at radius 1 is 1.14 bits per heavy atom. The number of benzene rings is 1. The van der Waals surface area contributed by atoms with Crippen molar-refractivity contribution in [3.63, 3.8) is 0 Å². The van der Waals surface area contributed by atoms with Crippen LogP contribution in [-0.4, -0.2) is 30.0 Å². The first kappa shape index (κ1) is 14.4. The Balaban J connectivity index is 1.42. The third-order valence-corrected chi connectivity index (χ3v) is 4.78. The molecule has 0 aromatic heterocycles. The van der Waals surface area contributed by atoms with E-state index in [2.05, 4.69) is 0 Å². The zero-order valence-corrected chi connectivity index (χ0v) is 12.7. The van der Waals surface area contributed by atoms with E-state index in [0.29, 0.717) is 5.91 Å². The van der Waals surface area contributed by atoms with Gasteiger partial charge in [0.05, 0.1) is 6.54 Å². The highest BCUT2D eigenvalue weighted by molar-refractivity contribution is 5.76. The van der Waals surface area contributed by atoms with Crippen LogP contribution in [0, 0.1) is 5.92 Å². The molecule has 0 radical (unpaired) electrons. The molecule has 1 heterocycles. The van der Waals surface area contributed by atoms with E-state index in [1.807, 2.05) is 35.2 Å². The largest absolute Gasteiger partial charge is 0.489 e. The maximum atomic E-state index is 12.3. The van der Waals surface area contributed by atoms with Gasteiger partial charge in [0.1, 0.15) is 11.9 Å². The molecule has 0 bridgehead atoms. The molecule has 1 unspecified atom stereocenters. The molecule has 1 aromatic carbocycles. The number of ether oxygens (including phenoxy) is 1. The first-order valence-electron chi connectivity index (χ1n) is 8.31. The van der Waals surface area contributed by atoms with Crippen LogP contribution in [-0.2, 0) is 4.79 Å². The number of hydrogen-bond donors (Lipinski definition) is 0. The molecule has 1 atom stereocenters. The number of para-hydroxylation sites is 1. The minimum Gasteiger partial charge on any atom is -0.489 e. The zero-order chi connectivity index (χ0) is 14.5. The Hall–Kier alpha value is -1.51. The summed E-state index contributed by atoms with van der Waals surface area (Å²) in [6.07, 6.45) is 8.28. The highest BCUT2D eigenvalue weighted by atomic mass is 16.5. The van der Waals surface area contributed by atoms with Crippen molar-refractivity contribution in [2.24, 2.45) is 5.92 Å². The van der Waals surface area contributed by atoms with Crippen molar-refractivity contribution in [2.45, 2.75) is 51.0 Å². The predicted molar refractivity (Wildman–Crippen MR) is 83.2 cm³/mol. The van der Waals surface area contributed by atoms with Gasteiger partial charge in [0.15, 0.2) is 0 Å². The van der Waals surface area contributed by atoms with Gasteiger partial charge in [-0.15, -0.1) is 0 Å². The number of amides is 1. The molecule has 0 spiro atoms. The average Bonchev–Trinajstić information content (AvgIpc) is 3.17. The minimum absolute atomic E-state index is 0.155. The van der Waals surface area contributed by atoms with Gasteiger partial charge in [0.25, 0.3) is 0 Å². The summed E-state index contributed by atoms with van der Waals surface area (Å²) in [5.74, 6) is 2.02. The smallest absolute Gasteiger partial charge is 0.222 e. The molecule has 3 rings (SSSR count). The van der Waals surface area contributed by atoms with E-state index < -0.39 is 0 Å². The summed E-state index contributed by atoms with van der Waals surface area (Å²) in [4.78, 5) is 14.3. The van der Waals surface area contributed by atoms with E-state index >= 15 is 0 Å². The van der Waals surface area contributed by atoms with Gasteiger partial charge in [0, 0.05) is 19.4 Å². The van der Waals surface area contributed by atoms with Gasteiger partial charge in [0.2, 0.25) is 5.91 Å². The van der Waals surface area contributed by atoms with Crippen LogP contribution in [0.15, 0.2) is 30.3 Å². The molecule has 1 aliphatic carbocycles. The second-order valence-corrected chi connectivity index (χ2v) is 6.37. The quantitative estimate of drug-likeness (QED) is 0.827. The van der Waals surface area contributed by atoms with Gasteiger partial charge >= 0.3 is 0 Å². The van der Waals surface area contributed by atoms with Crippen molar-refractivity contribution < 1.29 is 9.53 Å². The monoisotopic (exact) mass is 287 g/mol. The van der Waals surface area contributed by atoms with Crippen molar-refractivity contribution in [3.05, 3.63) is 30.3 Å². The lowest BCUT2D eigenvalue weighted by molar-refractivity contribution is -0.130. The fourth-order valence-electron chi connectivity index (χ4n) is 3.53. The van der Waals surface area contributed by atoms with E-state index in [4.69, 9.17) is 4.74 Å². The van der Waals surface area contributed by atoms with E-state index in [0.717, 1.165) is 44.0 Å². The fourth-order valence-corrected chi connectivity index (χ4v) is 3.53. The summed E-state index contributed by atoms with van der Waals surface area (Å²) < 4.78 is 5.94. The molecule has 2 aliphatic rings. The summed E-state index contributed by atoms with van der Waals surface area (Å²) in [7, 11) is 0. The van der Waals surface area contributed by atoms with E-state index in [9.17, 15) is 4.79 Å². The Kier molecular flexibility index (Phi) is 4.79. The molecule has 1 aromatic rings. The van der Waals surface area contributed by atoms with Gasteiger partial charge in [-0.05, 0) is 24.5 Å². The van der Waals surface area contributed by atoms with Crippen molar-refractivity contribution in [2.75, 3.05) is 13.1 Å². The molecule has 0 N–H and O–H groups in total. The van der Waals surface area contributed by atoms with Crippen molar-refractivity contribution >= 4 is 5.91 Å². The molecule has 1 amide bonds. The summed E-state index contributed by atoms with van der Waals surface area (Å²) >= 11 is 0. The van der Waals surface area contributed by atoms with Crippen LogP contribution >= 0.6 is 0 Å². The summed E-state index contributed by atoms with van der Waals surface area (Å²) in [6.45, 7) is 1.60. The molecule has 3 heteroatoms. The van der Waals surface area contributed by atoms with Gasteiger partial charge in [-0.25, -0.2) is 0 Å². The highest BCUT2D eigenvalue weighted by Gasteiger charge is 2.28. The number of carbonyl (C=O) groups is 1. The van der Waals surface area contributed by atoms with Gasteiger partial charge in [-0.3, -0.25) is 4.79 Å². The lowest BCUT2D eigenvalue weighted by Gasteiger charge is -2.18. The number of carbonyl (C=O) groups excluding carboxylic acids is 1. The van der Waals surface area contributed by atoms with E-state index in [1.54, 1.807) is 0 Å². The first-order chi connectivity index (χ1) is 10.3. The number of hydrogen-bond acceptors (Lipinski definition) is 2. The Bertz CT molecular complexity index is 454. The topological polar surface area (TPSA) is 29.5 Å². The normalized spacial score (nSPS) is 22.7. The van der Waals surface area contributed by atoms with Crippen LogP contribution in [0.2, 0.25) is 0 Å². The van der Waals surface area contributed by atoms with Gasteiger partial charge in [-0.2, -0.15) is 0 Å². The maximum Gasteiger partial charge on any atom is 0.222 e.